The minimum Gasteiger partial charge on any atom is -0.489 e. The highest BCUT2D eigenvalue weighted by atomic mass is 16.5. The number of rotatable bonds is 6. The Kier molecular flexibility index (Phi) is 5.08. The Morgan fingerprint density at radius 2 is 2.07 bits per heavy atom. The van der Waals surface area contributed by atoms with Crippen LogP contribution in [0.5, 0.6) is 23.0 Å². The summed E-state index contributed by atoms with van der Waals surface area (Å²) in [5.41, 5.74) is 1.64. The highest BCUT2D eigenvalue weighted by Crippen LogP contribution is 2.41. The molecule has 6 nitrogen and oxygen atoms in total. The van der Waals surface area contributed by atoms with Gasteiger partial charge < -0.3 is 19.5 Å². The van der Waals surface area contributed by atoms with Gasteiger partial charge in [-0.25, -0.2) is 0 Å². The smallest absolute Gasteiger partial charge is 0.231 e. The summed E-state index contributed by atoms with van der Waals surface area (Å²) >= 11 is 0. The second-order valence-corrected chi connectivity index (χ2v) is 6.80. The van der Waals surface area contributed by atoms with Crippen molar-refractivity contribution in [3.05, 3.63) is 66.9 Å². The third kappa shape index (κ3) is 3.61. The lowest BCUT2D eigenvalue weighted by Gasteiger charge is -2.12. The topological polar surface area (TPSA) is 69.7 Å². The summed E-state index contributed by atoms with van der Waals surface area (Å²) in [5.74, 6) is 2.33. The van der Waals surface area contributed by atoms with Gasteiger partial charge in [-0.15, -0.1) is 0 Å². The number of ether oxygens (including phenoxy) is 3. The SMILES string of the molecule is C=CCOc1ccc2c(Oc3ccc4c(c3)OC(C)C4C(=O)NC)ccnc2c1. The number of aromatic nitrogens is 1. The molecule has 2 heterocycles. The number of pyridine rings is 1. The Hall–Kier alpha value is -3.54. The first kappa shape index (κ1) is 18.8. The number of likely N-dealkylation sites (N-methyl/N-ethyl adjacent to an activating group) is 1. The fourth-order valence-corrected chi connectivity index (χ4v) is 3.53. The number of amides is 1. The van der Waals surface area contributed by atoms with Crippen molar-refractivity contribution in [3.8, 4) is 23.0 Å². The molecular weight excluding hydrogens is 368 g/mol. The maximum absolute atomic E-state index is 12.2. The molecule has 0 aliphatic carbocycles. The molecule has 6 heteroatoms. The standard InChI is InChI=1S/C23H22N2O4/c1-4-11-27-15-5-7-17-19(12-15)25-10-9-20(17)29-16-6-8-18-21(13-16)28-14(2)22(18)23(26)24-3/h4-10,12-14,22H,1,11H2,2-3H3,(H,24,26). The molecule has 0 fully saturated rings. The van der Waals surface area contributed by atoms with Gasteiger partial charge in [0, 0.05) is 36.3 Å². The molecular formula is C23H22N2O4. The lowest BCUT2D eigenvalue weighted by molar-refractivity contribution is -0.123. The van der Waals surface area contributed by atoms with E-state index in [1.54, 1.807) is 19.3 Å². The third-order valence-corrected chi connectivity index (χ3v) is 4.90. The summed E-state index contributed by atoms with van der Waals surface area (Å²) in [6, 6.07) is 13.0. The number of carbonyl (C=O) groups excluding carboxylic acids is 1. The predicted molar refractivity (Wildman–Crippen MR) is 111 cm³/mol. The van der Waals surface area contributed by atoms with Crippen LogP contribution in [0.2, 0.25) is 0 Å². The second kappa shape index (κ2) is 7.83. The molecule has 1 aliphatic rings. The van der Waals surface area contributed by atoms with Crippen LogP contribution in [0.1, 0.15) is 18.4 Å². The lowest BCUT2D eigenvalue weighted by atomic mass is 9.95. The largest absolute Gasteiger partial charge is 0.489 e. The summed E-state index contributed by atoms with van der Waals surface area (Å²) in [7, 11) is 1.63. The zero-order valence-corrected chi connectivity index (χ0v) is 16.3. The predicted octanol–water partition coefficient (Wildman–Crippen LogP) is 4.20. The first-order valence-corrected chi connectivity index (χ1v) is 9.43. The average molecular weight is 390 g/mol. The van der Waals surface area contributed by atoms with Crippen LogP contribution in [-0.4, -0.2) is 30.6 Å². The molecule has 0 spiro atoms. The molecule has 0 bridgehead atoms. The van der Waals surface area contributed by atoms with Gasteiger partial charge in [0.1, 0.15) is 41.6 Å². The third-order valence-electron chi connectivity index (χ3n) is 4.90. The minimum atomic E-state index is -0.320. The molecule has 1 aliphatic heterocycles. The molecule has 1 N–H and O–H groups in total. The Morgan fingerprint density at radius 3 is 2.86 bits per heavy atom. The van der Waals surface area contributed by atoms with Gasteiger partial charge >= 0.3 is 0 Å². The van der Waals surface area contributed by atoms with E-state index in [2.05, 4.69) is 16.9 Å². The normalized spacial score (nSPS) is 17.3. The van der Waals surface area contributed by atoms with Crippen molar-refractivity contribution >= 4 is 16.8 Å². The van der Waals surface area contributed by atoms with E-state index in [0.29, 0.717) is 23.9 Å². The van der Waals surface area contributed by atoms with Crippen LogP contribution < -0.4 is 19.5 Å². The zero-order valence-electron chi connectivity index (χ0n) is 16.3. The molecule has 3 aromatic rings. The van der Waals surface area contributed by atoms with Crippen LogP contribution in [-0.2, 0) is 4.79 Å². The van der Waals surface area contributed by atoms with E-state index in [1.165, 1.54) is 0 Å². The number of benzene rings is 2. The molecule has 4 rings (SSSR count). The van der Waals surface area contributed by atoms with Crippen molar-refractivity contribution in [3.63, 3.8) is 0 Å². The summed E-state index contributed by atoms with van der Waals surface area (Å²) in [6.45, 7) is 5.98. The van der Waals surface area contributed by atoms with E-state index < -0.39 is 0 Å². The number of carbonyl (C=O) groups is 1. The average Bonchev–Trinajstić information content (AvgIpc) is 3.06. The van der Waals surface area contributed by atoms with E-state index >= 15 is 0 Å². The van der Waals surface area contributed by atoms with Crippen molar-refractivity contribution in [2.24, 2.45) is 0 Å². The van der Waals surface area contributed by atoms with Crippen LogP contribution in [0.15, 0.2) is 61.3 Å². The van der Waals surface area contributed by atoms with Crippen molar-refractivity contribution in [1.29, 1.82) is 0 Å². The van der Waals surface area contributed by atoms with Gasteiger partial charge in [-0.2, -0.15) is 0 Å². The molecule has 29 heavy (non-hydrogen) atoms. The van der Waals surface area contributed by atoms with Crippen molar-refractivity contribution < 1.29 is 19.0 Å². The Morgan fingerprint density at radius 1 is 1.24 bits per heavy atom. The minimum absolute atomic E-state index is 0.0560. The molecule has 148 valence electrons. The molecule has 0 saturated heterocycles. The monoisotopic (exact) mass is 390 g/mol. The number of nitrogens with zero attached hydrogens (tertiary/aromatic N) is 1. The van der Waals surface area contributed by atoms with Crippen LogP contribution in [0, 0.1) is 0 Å². The van der Waals surface area contributed by atoms with Crippen LogP contribution >= 0.6 is 0 Å². The number of hydrogen-bond acceptors (Lipinski definition) is 5. The zero-order chi connectivity index (χ0) is 20.4. The van der Waals surface area contributed by atoms with Gasteiger partial charge in [-0.1, -0.05) is 18.7 Å². The van der Waals surface area contributed by atoms with Crippen molar-refractivity contribution in [2.75, 3.05) is 13.7 Å². The summed E-state index contributed by atoms with van der Waals surface area (Å²) in [6.07, 6.45) is 3.17. The highest BCUT2D eigenvalue weighted by molar-refractivity contribution is 5.87. The molecule has 1 aromatic heterocycles. The van der Waals surface area contributed by atoms with E-state index in [0.717, 1.165) is 22.2 Å². The first-order chi connectivity index (χ1) is 14.1. The highest BCUT2D eigenvalue weighted by Gasteiger charge is 2.36. The van der Waals surface area contributed by atoms with E-state index in [1.807, 2.05) is 49.4 Å². The van der Waals surface area contributed by atoms with Crippen LogP contribution in [0.3, 0.4) is 0 Å². The Bertz CT molecular complexity index is 1080. The van der Waals surface area contributed by atoms with E-state index in [4.69, 9.17) is 14.2 Å². The summed E-state index contributed by atoms with van der Waals surface area (Å²) in [5, 5.41) is 3.57. The van der Waals surface area contributed by atoms with Gasteiger partial charge in [0.05, 0.1) is 5.52 Å². The van der Waals surface area contributed by atoms with Gasteiger partial charge in [-0.05, 0) is 31.2 Å². The fraction of sp³-hybridized carbons (Fsp3) is 0.217. The number of fused-ring (bicyclic) bond motifs is 2. The van der Waals surface area contributed by atoms with E-state index in [-0.39, 0.29) is 17.9 Å². The van der Waals surface area contributed by atoms with E-state index in [9.17, 15) is 4.79 Å². The maximum atomic E-state index is 12.2. The summed E-state index contributed by atoms with van der Waals surface area (Å²) < 4.78 is 17.6. The number of hydrogen-bond donors (Lipinski definition) is 1. The van der Waals surface area contributed by atoms with Crippen LogP contribution in [0.25, 0.3) is 10.9 Å². The second-order valence-electron chi connectivity index (χ2n) is 6.80. The number of nitrogens with one attached hydrogen (secondary N) is 1. The van der Waals surface area contributed by atoms with Gasteiger partial charge in [0.15, 0.2) is 0 Å². The lowest BCUT2D eigenvalue weighted by Crippen LogP contribution is -2.31. The Labute approximate surface area is 169 Å². The molecule has 2 unspecified atom stereocenters. The summed E-state index contributed by atoms with van der Waals surface area (Å²) in [4.78, 5) is 16.6. The van der Waals surface area contributed by atoms with Crippen molar-refractivity contribution in [2.45, 2.75) is 18.9 Å². The van der Waals surface area contributed by atoms with Crippen LogP contribution in [0.4, 0.5) is 0 Å². The molecule has 2 atom stereocenters. The molecule has 0 radical (unpaired) electrons. The van der Waals surface area contributed by atoms with Gasteiger partial charge in [0.2, 0.25) is 5.91 Å². The maximum Gasteiger partial charge on any atom is 0.231 e. The van der Waals surface area contributed by atoms with Gasteiger partial charge in [-0.3, -0.25) is 9.78 Å². The Balaban J connectivity index is 1.62. The first-order valence-electron chi connectivity index (χ1n) is 9.43. The molecule has 2 aromatic carbocycles. The fourth-order valence-electron chi connectivity index (χ4n) is 3.53. The van der Waals surface area contributed by atoms with Gasteiger partial charge in [0.25, 0.3) is 0 Å². The molecule has 0 saturated carbocycles. The van der Waals surface area contributed by atoms with Crippen molar-refractivity contribution in [1.82, 2.24) is 10.3 Å². The quantitative estimate of drug-likeness (QED) is 0.639. The molecule has 1 amide bonds.